The Morgan fingerprint density at radius 1 is 0.683 bits per heavy atom. The van der Waals surface area contributed by atoms with Crippen LogP contribution in [-0.2, 0) is 17.3 Å². The SMILES string of the molecule is Cc1ccc(C2CC3=CC=C4C(=CC(C)(C)c5ccccc54)C3C(C)(c3cccc4c3Cc3ccccc3-4)C2)cc1. The molecule has 4 aromatic rings. The average molecular weight is 531 g/mol. The minimum absolute atomic E-state index is 0.00466. The van der Waals surface area contributed by atoms with Gasteiger partial charge in [-0.15, -0.1) is 0 Å². The Labute approximate surface area is 245 Å². The maximum Gasteiger partial charge on any atom is 0.0149 e. The standard InChI is InChI=1S/C41H38/c1-26-16-18-27(19-17-26)30-22-29-20-21-33-34-12-7-8-14-37(34)40(2,3)25-36(33)39(29)41(4,24-30)38-15-9-13-32-31-11-6-5-10-28(31)23-35(32)38/h5-21,25,30,39H,22-24H2,1-4H3. The van der Waals surface area contributed by atoms with E-state index in [1.165, 1.54) is 44.5 Å². The Bertz CT molecular complexity index is 1810. The molecule has 0 bridgehead atoms. The number of allylic oxidation sites excluding steroid dienone is 6. The number of aryl methyl sites for hydroxylation is 1. The zero-order valence-electron chi connectivity index (χ0n) is 24.7. The first-order valence-electron chi connectivity index (χ1n) is 15.3. The first kappa shape index (κ1) is 24.9. The number of rotatable bonds is 2. The molecule has 0 spiro atoms. The summed E-state index contributed by atoms with van der Waals surface area (Å²) in [5, 5.41) is 0. The Kier molecular flexibility index (Phi) is 5.33. The molecular formula is C41H38. The van der Waals surface area contributed by atoms with Gasteiger partial charge in [0.05, 0.1) is 0 Å². The maximum atomic E-state index is 2.63. The quantitative estimate of drug-likeness (QED) is 0.213. The second-order valence-corrected chi connectivity index (χ2v) is 13.7. The molecule has 0 heteroatoms. The van der Waals surface area contributed by atoms with Gasteiger partial charge in [0.25, 0.3) is 0 Å². The van der Waals surface area contributed by atoms with Crippen LogP contribution >= 0.6 is 0 Å². The molecule has 8 rings (SSSR count). The summed E-state index contributed by atoms with van der Waals surface area (Å²) >= 11 is 0. The van der Waals surface area contributed by atoms with Gasteiger partial charge >= 0.3 is 0 Å². The Balaban J connectivity index is 1.35. The van der Waals surface area contributed by atoms with Gasteiger partial charge in [0.1, 0.15) is 0 Å². The molecule has 4 aromatic carbocycles. The van der Waals surface area contributed by atoms with E-state index in [-0.39, 0.29) is 10.8 Å². The van der Waals surface area contributed by atoms with E-state index in [1.807, 2.05) is 0 Å². The molecule has 4 aliphatic rings. The molecule has 0 radical (unpaired) electrons. The van der Waals surface area contributed by atoms with Gasteiger partial charge in [-0.2, -0.15) is 0 Å². The lowest BCUT2D eigenvalue weighted by Gasteiger charge is -2.51. The Hall–Kier alpha value is -3.90. The third kappa shape index (κ3) is 3.66. The predicted octanol–water partition coefficient (Wildman–Crippen LogP) is 10.3. The van der Waals surface area contributed by atoms with Crippen molar-refractivity contribution in [1.82, 2.24) is 0 Å². The first-order valence-corrected chi connectivity index (χ1v) is 15.3. The summed E-state index contributed by atoms with van der Waals surface area (Å²) in [5.41, 5.74) is 17.7. The van der Waals surface area contributed by atoms with Gasteiger partial charge in [0.2, 0.25) is 0 Å². The number of hydrogen-bond acceptors (Lipinski definition) is 0. The molecule has 0 amide bonds. The zero-order valence-corrected chi connectivity index (χ0v) is 24.7. The number of benzene rings is 4. The third-order valence-corrected chi connectivity index (χ3v) is 10.7. The molecule has 0 N–H and O–H groups in total. The van der Waals surface area contributed by atoms with Crippen LogP contribution in [0.2, 0.25) is 0 Å². The van der Waals surface area contributed by atoms with Crippen molar-refractivity contribution in [3.63, 3.8) is 0 Å². The van der Waals surface area contributed by atoms with Crippen LogP contribution in [0.4, 0.5) is 0 Å². The van der Waals surface area contributed by atoms with E-state index in [4.69, 9.17) is 0 Å². The van der Waals surface area contributed by atoms with Crippen molar-refractivity contribution in [3.05, 3.63) is 159 Å². The van der Waals surface area contributed by atoms with Gasteiger partial charge in [0, 0.05) is 16.7 Å². The lowest BCUT2D eigenvalue weighted by Crippen LogP contribution is -2.43. The molecule has 0 heterocycles. The second-order valence-electron chi connectivity index (χ2n) is 13.7. The lowest BCUT2D eigenvalue weighted by atomic mass is 9.52. The molecule has 41 heavy (non-hydrogen) atoms. The Morgan fingerprint density at radius 3 is 2.22 bits per heavy atom. The van der Waals surface area contributed by atoms with Crippen molar-refractivity contribution >= 4 is 5.57 Å². The minimum atomic E-state index is -0.0271. The number of fused-ring (bicyclic) bond motifs is 8. The normalized spacial score (nSPS) is 25.0. The van der Waals surface area contributed by atoms with E-state index >= 15 is 0 Å². The molecule has 202 valence electrons. The molecule has 0 nitrogen and oxygen atoms in total. The highest BCUT2D eigenvalue weighted by Gasteiger charge is 2.50. The smallest absolute Gasteiger partial charge is 0.0149 e. The highest BCUT2D eigenvalue weighted by Crippen LogP contribution is 2.60. The van der Waals surface area contributed by atoms with Gasteiger partial charge in [-0.1, -0.05) is 141 Å². The van der Waals surface area contributed by atoms with Crippen molar-refractivity contribution in [2.45, 2.75) is 63.7 Å². The topological polar surface area (TPSA) is 0 Å². The fourth-order valence-corrected chi connectivity index (χ4v) is 8.85. The van der Waals surface area contributed by atoms with E-state index in [0.717, 1.165) is 19.3 Å². The fourth-order valence-electron chi connectivity index (χ4n) is 8.85. The first-order chi connectivity index (χ1) is 19.8. The summed E-state index contributed by atoms with van der Waals surface area (Å²) < 4.78 is 0. The van der Waals surface area contributed by atoms with Crippen LogP contribution < -0.4 is 0 Å². The molecule has 3 unspecified atom stereocenters. The largest absolute Gasteiger partial charge is 0.0700 e. The van der Waals surface area contributed by atoms with Crippen LogP contribution in [0, 0.1) is 12.8 Å². The second kappa shape index (κ2) is 8.80. The van der Waals surface area contributed by atoms with Crippen LogP contribution in [0.5, 0.6) is 0 Å². The van der Waals surface area contributed by atoms with E-state index in [9.17, 15) is 0 Å². The summed E-state index contributed by atoms with van der Waals surface area (Å²) in [7, 11) is 0. The monoisotopic (exact) mass is 530 g/mol. The number of hydrogen-bond donors (Lipinski definition) is 0. The van der Waals surface area contributed by atoms with Gasteiger partial charge in [-0.3, -0.25) is 0 Å². The van der Waals surface area contributed by atoms with E-state index in [2.05, 4.69) is 137 Å². The maximum absolute atomic E-state index is 2.63. The van der Waals surface area contributed by atoms with Crippen molar-refractivity contribution in [2.75, 3.05) is 0 Å². The minimum Gasteiger partial charge on any atom is -0.0700 e. The molecule has 1 fully saturated rings. The lowest BCUT2D eigenvalue weighted by molar-refractivity contribution is 0.271. The van der Waals surface area contributed by atoms with Crippen molar-refractivity contribution in [1.29, 1.82) is 0 Å². The molecule has 0 aromatic heterocycles. The average Bonchev–Trinajstić information content (AvgIpc) is 3.36. The summed E-state index contributed by atoms with van der Waals surface area (Å²) in [6.07, 6.45) is 10.9. The Morgan fingerprint density at radius 2 is 1.39 bits per heavy atom. The van der Waals surface area contributed by atoms with Crippen LogP contribution in [0.15, 0.2) is 120 Å². The summed E-state index contributed by atoms with van der Waals surface area (Å²) in [5.74, 6) is 0.870. The van der Waals surface area contributed by atoms with Crippen LogP contribution in [0.25, 0.3) is 16.7 Å². The fraction of sp³-hybridized carbons (Fsp3) is 0.268. The summed E-state index contributed by atoms with van der Waals surface area (Å²) in [6.45, 7) is 9.60. The highest BCUT2D eigenvalue weighted by atomic mass is 14.5. The molecule has 0 saturated heterocycles. The van der Waals surface area contributed by atoms with Gasteiger partial charge in [0.15, 0.2) is 0 Å². The van der Waals surface area contributed by atoms with Crippen LogP contribution in [0.3, 0.4) is 0 Å². The molecule has 0 aliphatic heterocycles. The van der Waals surface area contributed by atoms with Crippen molar-refractivity contribution in [3.8, 4) is 11.1 Å². The summed E-state index contributed by atoms with van der Waals surface area (Å²) in [4.78, 5) is 0. The predicted molar refractivity (Wildman–Crippen MR) is 172 cm³/mol. The van der Waals surface area contributed by atoms with Crippen molar-refractivity contribution in [2.24, 2.45) is 5.92 Å². The highest BCUT2D eigenvalue weighted by molar-refractivity contribution is 5.88. The third-order valence-electron chi connectivity index (χ3n) is 10.7. The van der Waals surface area contributed by atoms with E-state index < -0.39 is 0 Å². The van der Waals surface area contributed by atoms with Gasteiger partial charge in [-0.25, -0.2) is 0 Å². The van der Waals surface area contributed by atoms with E-state index in [1.54, 1.807) is 22.3 Å². The molecule has 1 saturated carbocycles. The van der Waals surface area contributed by atoms with Crippen molar-refractivity contribution < 1.29 is 0 Å². The zero-order chi connectivity index (χ0) is 27.9. The molecule has 3 atom stereocenters. The van der Waals surface area contributed by atoms with Crippen LogP contribution in [-0.4, -0.2) is 0 Å². The van der Waals surface area contributed by atoms with Gasteiger partial charge in [-0.05, 0) is 87.8 Å². The van der Waals surface area contributed by atoms with Gasteiger partial charge < -0.3 is 0 Å². The summed E-state index contributed by atoms with van der Waals surface area (Å²) in [6, 6.07) is 34.7. The molecule has 4 aliphatic carbocycles. The van der Waals surface area contributed by atoms with E-state index in [0.29, 0.717) is 11.8 Å². The van der Waals surface area contributed by atoms with Crippen LogP contribution in [0.1, 0.15) is 78.5 Å². The molecular weight excluding hydrogens is 492 g/mol.